The molecule has 2 fully saturated rings. The molecule has 172 valence electrons. The van der Waals surface area contributed by atoms with Crippen molar-refractivity contribution in [1.82, 2.24) is 34.7 Å². The van der Waals surface area contributed by atoms with E-state index in [1.807, 2.05) is 4.57 Å². The monoisotopic (exact) mass is 483 g/mol. The zero-order valence-electron chi connectivity index (χ0n) is 17.4. The molecule has 0 spiro atoms. The number of halogens is 3. The summed E-state index contributed by atoms with van der Waals surface area (Å²) in [7, 11) is 0. The Kier molecular flexibility index (Phi) is 6.28. The molecule has 0 radical (unpaired) electrons. The van der Waals surface area contributed by atoms with Crippen LogP contribution in [0, 0.1) is 0 Å². The minimum Gasteiger partial charge on any atom is -0.372 e. The van der Waals surface area contributed by atoms with Gasteiger partial charge in [0.15, 0.2) is 15.8 Å². The molecule has 2 aliphatic heterocycles. The fraction of sp³-hybridized carbons (Fsp3) is 0.550. The highest BCUT2D eigenvalue weighted by Crippen LogP contribution is 2.39. The SMILES string of the molecule is FCC1(NSC2=CCn3c(cnc3-c3nnc(C(F)F)s3)C/C(N3CCNCC3)=C\2)CC1. The number of rotatable bonds is 7. The Balaban J connectivity index is 1.45. The van der Waals surface area contributed by atoms with Crippen molar-refractivity contribution in [2.24, 2.45) is 0 Å². The van der Waals surface area contributed by atoms with Gasteiger partial charge < -0.3 is 14.8 Å². The highest BCUT2D eigenvalue weighted by molar-refractivity contribution is 8.01. The Labute approximate surface area is 192 Å². The second-order valence-corrected chi connectivity index (χ2v) is 10.1. The third kappa shape index (κ3) is 4.59. The lowest BCUT2D eigenvalue weighted by Gasteiger charge is -2.32. The predicted octanol–water partition coefficient (Wildman–Crippen LogP) is 3.31. The van der Waals surface area contributed by atoms with Crippen LogP contribution < -0.4 is 10.0 Å². The lowest BCUT2D eigenvalue weighted by Crippen LogP contribution is -2.43. The molecule has 1 saturated heterocycles. The number of hydrogen-bond acceptors (Lipinski definition) is 8. The molecule has 1 aliphatic carbocycles. The van der Waals surface area contributed by atoms with Gasteiger partial charge in [-0.25, -0.2) is 18.2 Å². The Hall–Kier alpha value is -1.89. The van der Waals surface area contributed by atoms with Gasteiger partial charge in [-0.1, -0.05) is 11.3 Å². The summed E-state index contributed by atoms with van der Waals surface area (Å²) in [5, 5.41) is 11.0. The van der Waals surface area contributed by atoms with Crippen molar-refractivity contribution in [3.05, 3.63) is 39.7 Å². The highest BCUT2D eigenvalue weighted by atomic mass is 32.2. The van der Waals surface area contributed by atoms with E-state index < -0.39 is 12.0 Å². The third-order valence-corrected chi connectivity index (χ3v) is 7.90. The van der Waals surface area contributed by atoms with Crippen LogP contribution in [0.5, 0.6) is 0 Å². The lowest BCUT2D eigenvalue weighted by atomic mass is 10.1. The Morgan fingerprint density at radius 2 is 2.06 bits per heavy atom. The van der Waals surface area contributed by atoms with Crippen LogP contribution in [0.2, 0.25) is 0 Å². The molecule has 32 heavy (non-hydrogen) atoms. The highest BCUT2D eigenvalue weighted by Gasteiger charge is 2.43. The molecule has 0 atom stereocenters. The summed E-state index contributed by atoms with van der Waals surface area (Å²) in [4.78, 5) is 7.87. The van der Waals surface area contributed by atoms with E-state index in [-0.39, 0.29) is 11.7 Å². The summed E-state index contributed by atoms with van der Waals surface area (Å²) >= 11 is 2.33. The van der Waals surface area contributed by atoms with Crippen LogP contribution >= 0.6 is 23.3 Å². The maximum Gasteiger partial charge on any atom is 0.291 e. The Morgan fingerprint density at radius 1 is 1.25 bits per heavy atom. The summed E-state index contributed by atoms with van der Waals surface area (Å²) in [6.07, 6.45) is 5.74. The van der Waals surface area contributed by atoms with Crippen LogP contribution in [0.1, 0.15) is 30.0 Å². The van der Waals surface area contributed by atoms with Gasteiger partial charge in [0.1, 0.15) is 6.67 Å². The van der Waals surface area contributed by atoms with Gasteiger partial charge in [0.25, 0.3) is 6.43 Å². The molecule has 0 bridgehead atoms. The van der Waals surface area contributed by atoms with Crippen molar-refractivity contribution >= 4 is 23.3 Å². The number of allylic oxidation sites excluding steroid dienone is 3. The Morgan fingerprint density at radius 3 is 2.75 bits per heavy atom. The average Bonchev–Trinajstić information content (AvgIpc) is 3.22. The summed E-state index contributed by atoms with van der Waals surface area (Å²) in [5.74, 6) is 0.543. The number of piperazine rings is 1. The zero-order valence-corrected chi connectivity index (χ0v) is 19.0. The van der Waals surface area contributed by atoms with E-state index in [9.17, 15) is 13.2 Å². The molecule has 0 aromatic carbocycles. The molecule has 5 rings (SSSR count). The molecule has 2 aromatic rings. The van der Waals surface area contributed by atoms with Gasteiger partial charge in [-0.15, -0.1) is 10.2 Å². The molecule has 2 N–H and O–H groups in total. The normalized spacial score (nSPS) is 22.1. The van der Waals surface area contributed by atoms with E-state index in [4.69, 9.17) is 0 Å². The zero-order chi connectivity index (χ0) is 22.1. The van der Waals surface area contributed by atoms with E-state index in [1.54, 1.807) is 6.20 Å². The number of hydrogen-bond donors (Lipinski definition) is 2. The first kappa shape index (κ1) is 21.9. The molecule has 0 unspecified atom stereocenters. The molecular weight excluding hydrogens is 459 g/mol. The summed E-state index contributed by atoms with van der Waals surface area (Å²) < 4.78 is 44.7. The third-order valence-electron chi connectivity index (χ3n) is 5.92. The van der Waals surface area contributed by atoms with Crippen molar-refractivity contribution in [3.63, 3.8) is 0 Å². The molecule has 3 aliphatic rings. The number of fused-ring (bicyclic) bond motifs is 1. The molecular formula is C20H24F3N7S2. The number of nitrogens with zero attached hydrogens (tertiary/aromatic N) is 5. The van der Waals surface area contributed by atoms with E-state index in [1.165, 1.54) is 11.9 Å². The first-order valence-electron chi connectivity index (χ1n) is 10.6. The number of imidazole rings is 1. The standard InChI is InChI=1S/C20H24F3N7S2/c21-12-20(2-3-20)28-32-15-1-6-30-14(9-13(10-15)29-7-4-24-5-8-29)11-25-17(30)19-27-26-18(31-19)16(22)23/h1,10-11,16,24,28H,2-9,12H2/b13-10+,15-1?. The van der Waals surface area contributed by atoms with E-state index >= 15 is 0 Å². The second-order valence-electron chi connectivity index (χ2n) is 8.20. The van der Waals surface area contributed by atoms with Crippen LogP contribution in [-0.2, 0) is 13.0 Å². The fourth-order valence-corrected chi connectivity index (χ4v) is 5.44. The molecule has 2 aromatic heterocycles. The van der Waals surface area contributed by atoms with Crippen LogP contribution in [0.25, 0.3) is 10.8 Å². The maximum absolute atomic E-state index is 13.4. The molecule has 12 heteroatoms. The van der Waals surface area contributed by atoms with Gasteiger partial charge in [-0.3, -0.25) is 4.72 Å². The summed E-state index contributed by atoms with van der Waals surface area (Å²) in [5.41, 5.74) is 1.75. The van der Waals surface area contributed by atoms with Crippen LogP contribution in [0.4, 0.5) is 13.2 Å². The molecule has 0 amide bonds. The quantitative estimate of drug-likeness (QED) is 0.586. The maximum atomic E-state index is 13.4. The second kappa shape index (κ2) is 9.16. The van der Waals surface area contributed by atoms with Gasteiger partial charge in [-0.2, -0.15) is 0 Å². The number of nitrogens with one attached hydrogen (secondary N) is 2. The largest absolute Gasteiger partial charge is 0.372 e. The van der Waals surface area contributed by atoms with Gasteiger partial charge in [0.05, 0.1) is 5.54 Å². The summed E-state index contributed by atoms with van der Waals surface area (Å²) in [6, 6.07) is 0. The number of alkyl halides is 3. The van der Waals surface area contributed by atoms with Crippen LogP contribution in [0.3, 0.4) is 0 Å². The van der Waals surface area contributed by atoms with E-state index in [2.05, 4.69) is 42.3 Å². The van der Waals surface area contributed by atoms with Crippen molar-refractivity contribution in [2.75, 3.05) is 32.9 Å². The first-order valence-corrected chi connectivity index (χ1v) is 12.2. The minimum atomic E-state index is -2.65. The topological polar surface area (TPSA) is 70.9 Å². The molecule has 7 nitrogen and oxygen atoms in total. The molecule has 1 saturated carbocycles. The Bertz CT molecular complexity index is 1020. The lowest BCUT2D eigenvalue weighted by molar-refractivity contribution is 0.150. The van der Waals surface area contributed by atoms with Crippen molar-refractivity contribution < 1.29 is 13.2 Å². The smallest absolute Gasteiger partial charge is 0.291 e. The average molecular weight is 484 g/mol. The molecule has 4 heterocycles. The van der Waals surface area contributed by atoms with Crippen LogP contribution in [0.15, 0.2) is 29.0 Å². The van der Waals surface area contributed by atoms with Crippen molar-refractivity contribution in [3.8, 4) is 10.8 Å². The first-order chi connectivity index (χ1) is 15.6. The van der Waals surface area contributed by atoms with E-state index in [0.717, 1.165) is 66.7 Å². The van der Waals surface area contributed by atoms with Crippen LogP contribution in [-0.4, -0.2) is 63.0 Å². The van der Waals surface area contributed by atoms with Gasteiger partial charge in [0.2, 0.25) is 0 Å². The predicted molar refractivity (Wildman–Crippen MR) is 119 cm³/mol. The number of aromatic nitrogens is 4. The van der Waals surface area contributed by atoms with Crippen molar-refractivity contribution in [2.45, 2.75) is 37.8 Å². The summed E-state index contributed by atoms with van der Waals surface area (Å²) in [6.45, 7) is 3.78. The minimum absolute atomic E-state index is 0.304. The fourth-order valence-electron chi connectivity index (χ4n) is 3.79. The van der Waals surface area contributed by atoms with Gasteiger partial charge in [-0.05, 0) is 36.9 Å². The van der Waals surface area contributed by atoms with E-state index in [0.29, 0.717) is 23.8 Å². The van der Waals surface area contributed by atoms with Gasteiger partial charge >= 0.3 is 0 Å². The van der Waals surface area contributed by atoms with Gasteiger partial charge in [0, 0.05) is 61.6 Å². The van der Waals surface area contributed by atoms with Crippen molar-refractivity contribution in [1.29, 1.82) is 0 Å².